The molecule has 1 aliphatic heterocycles. The zero-order chi connectivity index (χ0) is 20.2. The van der Waals surface area contributed by atoms with Crippen molar-refractivity contribution in [3.63, 3.8) is 0 Å². The number of imide groups is 1. The summed E-state index contributed by atoms with van der Waals surface area (Å²) in [6, 6.07) is 24.4. The van der Waals surface area contributed by atoms with E-state index in [-0.39, 0.29) is 11.3 Å². The van der Waals surface area contributed by atoms with E-state index in [1.165, 1.54) is 7.11 Å². The van der Waals surface area contributed by atoms with Crippen LogP contribution in [0, 0.1) is 0 Å². The first-order valence-corrected chi connectivity index (χ1v) is 9.08. The van der Waals surface area contributed by atoms with E-state index in [1.54, 1.807) is 18.2 Å². The Morgan fingerprint density at radius 1 is 0.690 bits per heavy atom. The van der Waals surface area contributed by atoms with Gasteiger partial charge in [-0.2, -0.15) is 0 Å². The smallest absolute Gasteiger partial charge is 0.275 e. The van der Waals surface area contributed by atoms with E-state index in [0.717, 1.165) is 11.4 Å². The molecule has 6 heteroatoms. The molecule has 3 N–H and O–H groups in total. The van der Waals surface area contributed by atoms with Gasteiger partial charge < -0.3 is 15.4 Å². The average molecular weight is 385 g/mol. The molecule has 0 saturated carbocycles. The van der Waals surface area contributed by atoms with Crippen LogP contribution in [0.15, 0.2) is 84.6 Å². The minimum atomic E-state index is -0.470. The maximum atomic E-state index is 12.4. The van der Waals surface area contributed by atoms with E-state index in [9.17, 15) is 9.59 Å². The predicted octanol–water partition coefficient (Wildman–Crippen LogP) is 3.92. The van der Waals surface area contributed by atoms with Gasteiger partial charge in [0.1, 0.15) is 11.4 Å². The Balaban J connectivity index is 1.62. The van der Waals surface area contributed by atoms with Gasteiger partial charge in [-0.15, -0.1) is 0 Å². The molecular weight excluding hydrogens is 366 g/mol. The number of anilines is 3. The summed E-state index contributed by atoms with van der Waals surface area (Å²) >= 11 is 0. The van der Waals surface area contributed by atoms with Crippen molar-refractivity contribution in [3.05, 3.63) is 90.1 Å². The van der Waals surface area contributed by atoms with Gasteiger partial charge in [-0.05, 0) is 42.5 Å². The van der Waals surface area contributed by atoms with Gasteiger partial charge in [0.15, 0.2) is 0 Å². The number of amides is 2. The molecule has 1 aliphatic rings. The first kappa shape index (κ1) is 18.3. The molecule has 0 aliphatic carbocycles. The first-order chi connectivity index (χ1) is 14.2. The van der Waals surface area contributed by atoms with Gasteiger partial charge in [0.25, 0.3) is 11.8 Å². The summed E-state index contributed by atoms with van der Waals surface area (Å²) in [7, 11) is 1.53. The van der Waals surface area contributed by atoms with Crippen LogP contribution in [-0.4, -0.2) is 18.9 Å². The number of methoxy groups -OCH3 is 1. The van der Waals surface area contributed by atoms with E-state index >= 15 is 0 Å². The summed E-state index contributed by atoms with van der Waals surface area (Å²) in [5.41, 5.74) is 3.60. The Morgan fingerprint density at radius 2 is 1.28 bits per heavy atom. The lowest BCUT2D eigenvalue weighted by molar-refractivity contribution is -0.123. The van der Waals surface area contributed by atoms with Gasteiger partial charge in [-0.1, -0.05) is 36.4 Å². The van der Waals surface area contributed by atoms with Gasteiger partial charge in [0, 0.05) is 22.6 Å². The van der Waals surface area contributed by atoms with Gasteiger partial charge in [-0.25, -0.2) is 0 Å². The molecule has 1 heterocycles. The molecule has 0 saturated heterocycles. The zero-order valence-electron chi connectivity index (χ0n) is 15.7. The number of rotatable bonds is 6. The molecule has 29 heavy (non-hydrogen) atoms. The highest BCUT2D eigenvalue weighted by Crippen LogP contribution is 2.32. The standard InChI is InChI=1S/C23H19N3O3/c1-29-19-10-6-5-9-18(19)20-21(23(28)26-22(20)27)25-17-13-11-16(12-14-17)24-15-7-3-2-4-8-15/h2-14,24H,1H3,(H2,25,26,27,28). The second-order valence-electron chi connectivity index (χ2n) is 6.43. The number of ether oxygens (including phenoxy) is 1. The van der Waals surface area contributed by atoms with Crippen LogP contribution in [0.5, 0.6) is 5.75 Å². The molecule has 0 spiro atoms. The number of hydrogen-bond acceptors (Lipinski definition) is 5. The van der Waals surface area contributed by atoms with Gasteiger partial charge >= 0.3 is 0 Å². The summed E-state index contributed by atoms with van der Waals surface area (Å²) in [5.74, 6) is -0.402. The largest absolute Gasteiger partial charge is 0.496 e. The normalized spacial score (nSPS) is 13.3. The Morgan fingerprint density at radius 3 is 1.97 bits per heavy atom. The van der Waals surface area contributed by atoms with Crippen LogP contribution in [0.2, 0.25) is 0 Å². The number of hydrogen-bond donors (Lipinski definition) is 3. The lowest BCUT2D eigenvalue weighted by Crippen LogP contribution is -2.24. The second-order valence-corrected chi connectivity index (χ2v) is 6.43. The van der Waals surface area contributed by atoms with Crippen molar-refractivity contribution in [2.24, 2.45) is 0 Å². The molecule has 4 rings (SSSR count). The van der Waals surface area contributed by atoms with E-state index in [4.69, 9.17) is 4.74 Å². The molecule has 0 aromatic heterocycles. The third-order valence-corrected chi connectivity index (χ3v) is 4.52. The third kappa shape index (κ3) is 3.82. The molecular formula is C23H19N3O3. The molecule has 6 nitrogen and oxygen atoms in total. The van der Waals surface area contributed by atoms with Crippen molar-refractivity contribution < 1.29 is 14.3 Å². The zero-order valence-corrected chi connectivity index (χ0v) is 15.7. The van der Waals surface area contributed by atoms with Crippen molar-refractivity contribution in [1.29, 1.82) is 0 Å². The number of para-hydroxylation sites is 2. The Labute approximate surface area is 168 Å². The molecule has 0 bridgehead atoms. The lowest BCUT2D eigenvalue weighted by Gasteiger charge is -2.12. The second kappa shape index (κ2) is 7.90. The topological polar surface area (TPSA) is 79.5 Å². The Bertz CT molecular complexity index is 1090. The summed E-state index contributed by atoms with van der Waals surface area (Å²) in [6.45, 7) is 0. The Kier molecular flexibility index (Phi) is 4.99. The quantitative estimate of drug-likeness (QED) is 0.561. The Hall–Kier alpha value is -4.06. The summed E-state index contributed by atoms with van der Waals surface area (Å²) in [6.07, 6.45) is 0. The number of carbonyl (C=O) groups is 2. The molecule has 0 unspecified atom stereocenters. The van der Waals surface area contributed by atoms with Crippen LogP contribution in [0.4, 0.5) is 17.1 Å². The molecule has 3 aromatic rings. The number of benzene rings is 3. The fourth-order valence-electron chi connectivity index (χ4n) is 3.15. The average Bonchev–Trinajstić information content (AvgIpc) is 3.03. The van der Waals surface area contributed by atoms with Crippen molar-refractivity contribution in [1.82, 2.24) is 5.32 Å². The van der Waals surface area contributed by atoms with E-state index in [0.29, 0.717) is 17.0 Å². The fourth-order valence-corrected chi connectivity index (χ4v) is 3.15. The fraction of sp³-hybridized carbons (Fsp3) is 0.0435. The lowest BCUT2D eigenvalue weighted by atomic mass is 10.0. The van der Waals surface area contributed by atoms with Gasteiger partial charge in [0.2, 0.25) is 0 Å². The first-order valence-electron chi connectivity index (χ1n) is 9.08. The highest BCUT2D eigenvalue weighted by atomic mass is 16.5. The van der Waals surface area contributed by atoms with E-state index < -0.39 is 11.8 Å². The number of carbonyl (C=O) groups excluding carboxylic acids is 2. The monoisotopic (exact) mass is 385 g/mol. The molecule has 3 aromatic carbocycles. The SMILES string of the molecule is COc1ccccc1C1=C(Nc2ccc(Nc3ccccc3)cc2)C(=O)NC1=O. The van der Waals surface area contributed by atoms with Crippen molar-refractivity contribution >= 4 is 34.4 Å². The van der Waals surface area contributed by atoms with Gasteiger partial charge in [0.05, 0.1) is 12.7 Å². The van der Waals surface area contributed by atoms with Crippen molar-refractivity contribution in [2.45, 2.75) is 0 Å². The van der Waals surface area contributed by atoms with E-state index in [2.05, 4.69) is 16.0 Å². The maximum Gasteiger partial charge on any atom is 0.275 e. The van der Waals surface area contributed by atoms with Crippen LogP contribution >= 0.6 is 0 Å². The highest BCUT2D eigenvalue weighted by Gasteiger charge is 2.33. The van der Waals surface area contributed by atoms with Crippen LogP contribution in [0.1, 0.15) is 5.56 Å². The van der Waals surface area contributed by atoms with E-state index in [1.807, 2.05) is 60.7 Å². The van der Waals surface area contributed by atoms with Gasteiger partial charge in [-0.3, -0.25) is 14.9 Å². The van der Waals surface area contributed by atoms with Crippen molar-refractivity contribution in [3.8, 4) is 5.75 Å². The molecule has 144 valence electrons. The van der Waals surface area contributed by atoms with Crippen molar-refractivity contribution in [2.75, 3.05) is 17.7 Å². The highest BCUT2D eigenvalue weighted by molar-refractivity contribution is 6.37. The summed E-state index contributed by atoms with van der Waals surface area (Å²) in [4.78, 5) is 24.8. The molecule has 0 atom stereocenters. The molecule has 2 amide bonds. The summed E-state index contributed by atoms with van der Waals surface area (Å²) < 4.78 is 5.35. The molecule has 0 fully saturated rings. The van der Waals surface area contributed by atoms with Crippen LogP contribution in [-0.2, 0) is 9.59 Å². The van der Waals surface area contributed by atoms with Crippen LogP contribution in [0.3, 0.4) is 0 Å². The van der Waals surface area contributed by atoms with Crippen LogP contribution < -0.4 is 20.7 Å². The third-order valence-electron chi connectivity index (χ3n) is 4.52. The number of nitrogens with one attached hydrogen (secondary N) is 3. The van der Waals surface area contributed by atoms with Crippen LogP contribution in [0.25, 0.3) is 5.57 Å². The molecule has 0 radical (unpaired) electrons. The maximum absolute atomic E-state index is 12.4. The minimum Gasteiger partial charge on any atom is -0.496 e. The minimum absolute atomic E-state index is 0.197. The predicted molar refractivity (Wildman–Crippen MR) is 113 cm³/mol. The summed E-state index contributed by atoms with van der Waals surface area (Å²) in [5, 5.41) is 8.72.